The molecule has 0 radical (unpaired) electrons. The van der Waals surface area contributed by atoms with E-state index in [9.17, 15) is 14.7 Å². The molecule has 9 nitrogen and oxygen atoms in total. The summed E-state index contributed by atoms with van der Waals surface area (Å²) < 4.78 is 5.61. The molecule has 238 valence electrons. The summed E-state index contributed by atoms with van der Waals surface area (Å²) >= 11 is 0. The van der Waals surface area contributed by atoms with Crippen molar-refractivity contribution in [3.63, 3.8) is 0 Å². The lowest BCUT2D eigenvalue weighted by atomic mass is 9.77. The molecule has 6 aromatic rings. The van der Waals surface area contributed by atoms with Crippen molar-refractivity contribution in [1.29, 1.82) is 0 Å². The number of aliphatic carboxylic acids is 1. The van der Waals surface area contributed by atoms with Crippen LogP contribution in [0.15, 0.2) is 140 Å². The first-order chi connectivity index (χ1) is 23.6. The van der Waals surface area contributed by atoms with Crippen LogP contribution in [-0.2, 0) is 21.5 Å². The molecule has 2 N–H and O–H groups in total. The number of ether oxygens (including phenoxy) is 1. The molecule has 0 spiro atoms. The van der Waals surface area contributed by atoms with Gasteiger partial charge in [0.25, 0.3) is 0 Å². The Bertz CT molecular complexity index is 1890. The third-order valence-corrected chi connectivity index (χ3v) is 8.92. The molecule has 0 aliphatic heterocycles. The molecule has 1 aliphatic rings. The minimum Gasteiger partial charge on any atom is -0.480 e. The third-order valence-electron chi connectivity index (χ3n) is 8.92. The zero-order valence-electron chi connectivity index (χ0n) is 26.0. The highest BCUT2D eigenvalue weighted by Crippen LogP contribution is 2.44. The summed E-state index contributed by atoms with van der Waals surface area (Å²) in [5.41, 5.74) is 6.25. The number of alkyl carbamates (subject to hydrolysis) is 1. The molecule has 7 rings (SSSR count). The average Bonchev–Trinajstić information content (AvgIpc) is 3.74. The minimum absolute atomic E-state index is 0.0419. The average molecular weight is 636 g/mol. The van der Waals surface area contributed by atoms with Crippen molar-refractivity contribution in [2.75, 3.05) is 6.61 Å². The summed E-state index contributed by atoms with van der Waals surface area (Å²) in [6.07, 6.45) is -0.591. The van der Waals surface area contributed by atoms with Gasteiger partial charge in [-0.2, -0.15) is 0 Å². The van der Waals surface area contributed by atoms with E-state index in [2.05, 4.69) is 27.8 Å². The Morgan fingerprint density at radius 3 is 1.71 bits per heavy atom. The van der Waals surface area contributed by atoms with E-state index in [1.807, 2.05) is 127 Å². The van der Waals surface area contributed by atoms with Crippen molar-refractivity contribution >= 4 is 12.1 Å². The number of rotatable bonds is 11. The van der Waals surface area contributed by atoms with Crippen LogP contribution in [0.5, 0.6) is 0 Å². The van der Waals surface area contributed by atoms with Crippen molar-refractivity contribution in [2.45, 2.75) is 30.3 Å². The fraction of sp³-hybridized carbons (Fsp3) is 0.154. The Hall–Kier alpha value is -6.09. The largest absolute Gasteiger partial charge is 0.480 e. The van der Waals surface area contributed by atoms with Gasteiger partial charge in [0.15, 0.2) is 11.4 Å². The van der Waals surface area contributed by atoms with Crippen molar-refractivity contribution in [3.8, 4) is 11.1 Å². The fourth-order valence-corrected chi connectivity index (χ4v) is 6.68. The van der Waals surface area contributed by atoms with Crippen molar-refractivity contribution < 1.29 is 19.4 Å². The van der Waals surface area contributed by atoms with E-state index in [-0.39, 0.29) is 25.4 Å². The number of aromatic nitrogens is 4. The van der Waals surface area contributed by atoms with Crippen LogP contribution < -0.4 is 5.32 Å². The van der Waals surface area contributed by atoms with Gasteiger partial charge >= 0.3 is 12.1 Å². The SMILES string of the molecule is O=C(N[C@@H](CCc1nnn(C(c2ccccc2)(c2ccccc2)c2ccccc2)n1)C(=O)O)OCC1c2ccccc2-c2ccccc21. The Kier molecular flexibility index (Phi) is 8.49. The van der Waals surface area contributed by atoms with Gasteiger partial charge in [-0.05, 0) is 50.6 Å². The molecule has 0 fully saturated rings. The summed E-state index contributed by atoms with van der Waals surface area (Å²) in [5, 5.41) is 26.2. The Balaban J connectivity index is 1.09. The smallest absolute Gasteiger partial charge is 0.407 e. The number of carboxylic acids is 1. The van der Waals surface area contributed by atoms with Crippen LogP contribution in [0.4, 0.5) is 4.79 Å². The van der Waals surface area contributed by atoms with E-state index in [0.29, 0.717) is 5.82 Å². The maximum Gasteiger partial charge on any atom is 0.407 e. The molecule has 0 saturated heterocycles. The van der Waals surface area contributed by atoms with E-state index in [4.69, 9.17) is 9.84 Å². The number of carbonyl (C=O) groups excluding carboxylic acids is 1. The molecular weight excluding hydrogens is 602 g/mol. The van der Waals surface area contributed by atoms with Gasteiger partial charge in [-0.3, -0.25) is 0 Å². The zero-order chi connectivity index (χ0) is 32.9. The first kappa shape index (κ1) is 30.6. The summed E-state index contributed by atoms with van der Waals surface area (Å²) in [6.45, 7) is 0.0859. The van der Waals surface area contributed by atoms with Gasteiger partial charge in [-0.15, -0.1) is 15.0 Å². The lowest BCUT2D eigenvalue weighted by molar-refractivity contribution is -0.139. The molecule has 9 heteroatoms. The molecule has 1 atom stereocenters. The standard InChI is InChI=1S/C39H33N5O4/c45-37(46)35(40-38(47)48-26-34-32-22-12-10-20-30(32)31-21-11-13-23-33(31)34)24-25-36-41-43-44(42-36)39(27-14-4-1-5-15-27,28-16-6-2-7-17-28)29-18-8-3-9-19-29/h1-23,34-35H,24-26H2,(H,40,47)(H,45,46)/t35-/m0/s1. The quantitative estimate of drug-likeness (QED) is 0.157. The van der Waals surface area contributed by atoms with E-state index in [1.165, 1.54) is 0 Å². The van der Waals surface area contributed by atoms with Crippen molar-refractivity contribution in [3.05, 3.63) is 173 Å². The van der Waals surface area contributed by atoms with E-state index in [1.54, 1.807) is 4.80 Å². The molecular formula is C39H33N5O4. The minimum atomic E-state index is -1.21. The summed E-state index contributed by atoms with van der Waals surface area (Å²) in [7, 11) is 0. The predicted molar refractivity (Wildman–Crippen MR) is 180 cm³/mol. The second-order valence-corrected chi connectivity index (χ2v) is 11.7. The van der Waals surface area contributed by atoms with Gasteiger partial charge in [0.05, 0.1) is 0 Å². The number of nitrogens with one attached hydrogen (secondary N) is 1. The first-order valence-corrected chi connectivity index (χ1v) is 15.9. The van der Waals surface area contributed by atoms with Gasteiger partial charge in [0, 0.05) is 12.3 Å². The number of carbonyl (C=O) groups is 2. The van der Waals surface area contributed by atoms with Crippen LogP contribution in [0.2, 0.25) is 0 Å². The molecule has 1 heterocycles. The van der Waals surface area contributed by atoms with Gasteiger partial charge in [0.1, 0.15) is 12.6 Å². The molecule has 0 saturated carbocycles. The molecule has 48 heavy (non-hydrogen) atoms. The van der Waals surface area contributed by atoms with E-state index in [0.717, 1.165) is 38.9 Å². The number of nitrogens with zero attached hydrogens (tertiary/aromatic N) is 4. The molecule has 1 aromatic heterocycles. The van der Waals surface area contributed by atoms with Gasteiger partial charge < -0.3 is 15.2 Å². The molecule has 5 aromatic carbocycles. The van der Waals surface area contributed by atoms with Gasteiger partial charge in [-0.1, -0.05) is 140 Å². The molecule has 1 aliphatic carbocycles. The molecule has 0 bridgehead atoms. The lowest BCUT2D eigenvalue weighted by Gasteiger charge is -2.34. The number of tetrazole rings is 1. The maximum absolute atomic E-state index is 12.9. The highest BCUT2D eigenvalue weighted by atomic mass is 16.5. The molecule has 1 amide bonds. The Labute approximate surface area is 277 Å². The number of aryl methyl sites for hydroxylation is 1. The number of hydrogen-bond donors (Lipinski definition) is 2. The van der Waals surface area contributed by atoms with Crippen LogP contribution in [0.3, 0.4) is 0 Å². The predicted octanol–water partition coefficient (Wildman–Crippen LogP) is 6.44. The Morgan fingerprint density at radius 2 is 1.21 bits per heavy atom. The van der Waals surface area contributed by atoms with Crippen LogP contribution in [-0.4, -0.2) is 50.0 Å². The number of fused-ring (bicyclic) bond motifs is 3. The van der Waals surface area contributed by atoms with Crippen molar-refractivity contribution in [1.82, 2.24) is 25.5 Å². The van der Waals surface area contributed by atoms with E-state index < -0.39 is 23.6 Å². The van der Waals surface area contributed by atoms with Crippen LogP contribution >= 0.6 is 0 Å². The highest BCUT2D eigenvalue weighted by Gasteiger charge is 2.41. The number of carboxylic acid groups (broad SMARTS) is 1. The number of benzene rings is 5. The van der Waals surface area contributed by atoms with Gasteiger partial charge in [-0.25, -0.2) is 9.59 Å². The second kappa shape index (κ2) is 13.3. The lowest BCUT2D eigenvalue weighted by Crippen LogP contribution is -2.42. The first-order valence-electron chi connectivity index (χ1n) is 15.9. The monoisotopic (exact) mass is 635 g/mol. The van der Waals surface area contributed by atoms with Gasteiger partial charge in [0.2, 0.25) is 0 Å². The van der Waals surface area contributed by atoms with Crippen molar-refractivity contribution in [2.24, 2.45) is 0 Å². The third kappa shape index (κ3) is 5.71. The fourth-order valence-electron chi connectivity index (χ4n) is 6.68. The van der Waals surface area contributed by atoms with E-state index >= 15 is 0 Å². The number of hydrogen-bond acceptors (Lipinski definition) is 6. The van der Waals surface area contributed by atoms with Crippen LogP contribution in [0, 0.1) is 0 Å². The highest BCUT2D eigenvalue weighted by molar-refractivity contribution is 5.81. The molecule has 0 unspecified atom stereocenters. The summed E-state index contributed by atoms with van der Waals surface area (Å²) in [4.78, 5) is 26.7. The van der Waals surface area contributed by atoms with Crippen LogP contribution in [0.25, 0.3) is 11.1 Å². The maximum atomic E-state index is 12.9. The normalized spacial score (nSPS) is 12.9. The Morgan fingerprint density at radius 1 is 0.729 bits per heavy atom. The number of amides is 1. The zero-order valence-corrected chi connectivity index (χ0v) is 26.0. The second-order valence-electron chi connectivity index (χ2n) is 11.7. The summed E-state index contributed by atoms with van der Waals surface area (Å²) in [5.74, 6) is -0.962. The summed E-state index contributed by atoms with van der Waals surface area (Å²) in [6, 6.07) is 44.8. The topological polar surface area (TPSA) is 119 Å². The van der Waals surface area contributed by atoms with Crippen LogP contribution in [0.1, 0.15) is 46.0 Å².